The summed E-state index contributed by atoms with van der Waals surface area (Å²) in [6.07, 6.45) is 2.08. The maximum Gasteiger partial charge on any atom is 0.326 e. The van der Waals surface area contributed by atoms with Crippen LogP contribution in [0.15, 0.2) is 36.0 Å². The predicted octanol–water partition coefficient (Wildman–Crippen LogP) is 0.658. The van der Waals surface area contributed by atoms with E-state index in [1.54, 1.807) is 24.3 Å². The molecule has 1 aromatic rings. The van der Waals surface area contributed by atoms with Gasteiger partial charge >= 0.3 is 6.03 Å². The third kappa shape index (κ3) is 2.20. The van der Waals surface area contributed by atoms with E-state index < -0.39 is 11.9 Å². The molecule has 1 aliphatic heterocycles. The lowest BCUT2D eigenvalue weighted by Crippen LogP contribution is -2.22. The SMILES string of the molecule is O=C1NC(=O)C(=CCc2cccc(O)c2)N1. The van der Waals surface area contributed by atoms with Crippen molar-refractivity contribution in [3.63, 3.8) is 0 Å². The number of aromatic hydroxyl groups is 1. The Hall–Kier alpha value is -2.30. The van der Waals surface area contributed by atoms with Gasteiger partial charge in [0.05, 0.1) is 0 Å². The van der Waals surface area contributed by atoms with Crippen molar-refractivity contribution in [1.82, 2.24) is 10.6 Å². The molecule has 0 atom stereocenters. The van der Waals surface area contributed by atoms with Crippen molar-refractivity contribution in [3.05, 3.63) is 41.6 Å². The number of nitrogens with one attached hydrogen (secondary N) is 2. The lowest BCUT2D eigenvalue weighted by molar-refractivity contribution is -0.115. The average Bonchev–Trinajstić information content (AvgIpc) is 2.54. The second-order valence-corrected chi connectivity index (χ2v) is 3.40. The van der Waals surface area contributed by atoms with Gasteiger partial charge in [0.25, 0.3) is 5.91 Å². The van der Waals surface area contributed by atoms with Gasteiger partial charge in [-0.2, -0.15) is 0 Å². The van der Waals surface area contributed by atoms with Crippen LogP contribution in [0.1, 0.15) is 5.56 Å². The van der Waals surface area contributed by atoms with E-state index in [4.69, 9.17) is 0 Å². The second-order valence-electron chi connectivity index (χ2n) is 3.40. The third-order valence-electron chi connectivity index (χ3n) is 2.17. The van der Waals surface area contributed by atoms with Crippen molar-refractivity contribution >= 4 is 11.9 Å². The van der Waals surface area contributed by atoms with Crippen molar-refractivity contribution < 1.29 is 14.7 Å². The Morgan fingerprint density at radius 2 is 2.06 bits per heavy atom. The summed E-state index contributed by atoms with van der Waals surface area (Å²) in [5.74, 6) is -0.249. The molecule has 0 saturated carbocycles. The molecule has 1 aromatic carbocycles. The van der Waals surface area contributed by atoms with E-state index in [1.807, 2.05) is 6.07 Å². The van der Waals surface area contributed by atoms with Crippen LogP contribution >= 0.6 is 0 Å². The summed E-state index contributed by atoms with van der Waals surface area (Å²) in [4.78, 5) is 22.0. The molecule has 1 fully saturated rings. The molecule has 0 radical (unpaired) electrons. The minimum atomic E-state index is -0.507. The molecule has 0 aliphatic carbocycles. The highest BCUT2D eigenvalue weighted by Crippen LogP contribution is 2.12. The van der Waals surface area contributed by atoms with Gasteiger partial charge in [-0.05, 0) is 24.1 Å². The summed E-state index contributed by atoms with van der Waals surface area (Å²) in [5, 5.41) is 13.7. The molecular formula is C11H10N2O3. The van der Waals surface area contributed by atoms with Crippen LogP contribution in [-0.2, 0) is 11.2 Å². The fraction of sp³-hybridized carbons (Fsp3) is 0.0909. The van der Waals surface area contributed by atoms with E-state index >= 15 is 0 Å². The minimum Gasteiger partial charge on any atom is -0.508 e. The van der Waals surface area contributed by atoms with Gasteiger partial charge < -0.3 is 10.4 Å². The van der Waals surface area contributed by atoms with E-state index in [-0.39, 0.29) is 11.4 Å². The summed E-state index contributed by atoms with van der Waals surface area (Å²) < 4.78 is 0. The van der Waals surface area contributed by atoms with Crippen molar-refractivity contribution in [1.29, 1.82) is 0 Å². The largest absolute Gasteiger partial charge is 0.508 e. The molecule has 1 aliphatic rings. The summed E-state index contributed by atoms with van der Waals surface area (Å²) in [7, 11) is 0. The summed E-state index contributed by atoms with van der Waals surface area (Å²) in [5.41, 5.74) is 1.11. The Morgan fingerprint density at radius 1 is 1.25 bits per heavy atom. The Balaban J connectivity index is 2.09. The number of carbonyl (C=O) groups is 2. The molecule has 3 N–H and O–H groups in total. The van der Waals surface area contributed by atoms with Crippen molar-refractivity contribution in [2.45, 2.75) is 6.42 Å². The van der Waals surface area contributed by atoms with Crippen LogP contribution < -0.4 is 10.6 Å². The van der Waals surface area contributed by atoms with Crippen LogP contribution in [0.4, 0.5) is 4.79 Å². The number of rotatable bonds is 2. The molecule has 16 heavy (non-hydrogen) atoms. The second kappa shape index (κ2) is 4.06. The number of carbonyl (C=O) groups excluding carboxylic acids is 2. The van der Waals surface area contributed by atoms with Gasteiger partial charge in [0.2, 0.25) is 0 Å². The quantitative estimate of drug-likeness (QED) is 0.504. The zero-order chi connectivity index (χ0) is 11.5. The number of phenols is 1. The van der Waals surface area contributed by atoms with Gasteiger partial charge in [-0.15, -0.1) is 0 Å². The lowest BCUT2D eigenvalue weighted by atomic mass is 10.1. The van der Waals surface area contributed by atoms with Gasteiger partial charge in [0, 0.05) is 0 Å². The molecule has 0 bridgehead atoms. The van der Waals surface area contributed by atoms with E-state index in [2.05, 4.69) is 10.6 Å². The maximum atomic E-state index is 11.2. The van der Waals surface area contributed by atoms with Gasteiger partial charge in [-0.3, -0.25) is 10.1 Å². The topological polar surface area (TPSA) is 78.4 Å². The zero-order valence-corrected chi connectivity index (χ0v) is 8.36. The van der Waals surface area contributed by atoms with E-state index in [0.717, 1.165) is 5.56 Å². The molecule has 5 heteroatoms. The number of imide groups is 1. The standard InChI is InChI=1S/C11H10N2O3/c14-8-3-1-2-7(6-8)4-5-9-10(15)13-11(16)12-9/h1-3,5-6,14H,4H2,(H2,12,13,15,16). The molecule has 82 valence electrons. The Morgan fingerprint density at radius 3 is 2.69 bits per heavy atom. The Bertz CT molecular complexity index is 480. The molecule has 3 amide bonds. The molecule has 2 rings (SSSR count). The van der Waals surface area contributed by atoms with Gasteiger partial charge in [0.1, 0.15) is 11.4 Å². The molecular weight excluding hydrogens is 208 g/mol. The lowest BCUT2D eigenvalue weighted by Gasteiger charge is -1.98. The number of phenolic OH excluding ortho intramolecular Hbond substituents is 1. The highest BCUT2D eigenvalue weighted by molar-refractivity contribution is 6.11. The van der Waals surface area contributed by atoms with Crippen LogP contribution in [0.25, 0.3) is 0 Å². The van der Waals surface area contributed by atoms with Crippen LogP contribution in [0.5, 0.6) is 5.75 Å². The van der Waals surface area contributed by atoms with E-state index in [9.17, 15) is 14.7 Å². The summed E-state index contributed by atoms with van der Waals surface area (Å²) in [6, 6.07) is 6.21. The first kappa shape index (κ1) is 10.2. The molecule has 1 heterocycles. The number of hydrogen-bond donors (Lipinski definition) is 3. The minimum absolute atomic E-state index is 0.177. The monoisotopic (exact) mass is 218 g/mol. The Labute approximate surface area is 91.8 Å². The van der Waals surface area contributed by atoms with Gasteiger partial charge in [0.15, 0.2) is 0 Å². The fourth-order valence-corrected chi connectivity index (χ4v) is 1.43. The number of hydrogen-bond acceptors (Lipinski definition) is 3. The van der Waals surface area contributed by atoms with Crippen molar-refractivity contribution in [2.75, 3.05) is 0 Å². The number of amides is 3. The van der Waals surface area contributed by atoms with E-state index in [0.29, 0.717) is 6.42 Å². The van der Waals surface area contributed by atoms with Crippen LogP contribution in [0.2, 0.25) is 0 Å². The fourth-order valence-electron chi connectivity index (χ4n) is 1.43. The molecule has 0 aromatic heterocycles. The highest BCUT2D eigenvalue weighted by Gasteiger charge is 2.22. The van der Waals surface area contributed by atoms with Crippen molar-refractivity contribution in [3.8, 4) is 5.75 Å². The first-order chi connectivity index (χ1) is 7.65. The molecule has 1 saturated heterocycles. The number of allylic oxidation sites excluding steroid dienone is 1. The summed E-state index contributed by atoms with van der Waals surface area (Å²) in [6.45, 7) is 0. The average molecular weight is 218 g/mol. The molecule has 5 nitrogen and oxygen atoms in total. The van der Waals surface area contributed by atoms with Crippen molar-refractivity contribution in [2.24, 2.45) is 0 Å². The van der Waals surface area contributed by atoms with E-state index in [1.165, 1.54) is 0 Å². The number of benzene rings is 1. The molecule has 0 spiro atoms. The number of urea groups is 1. The van der Waals surface area contributed by atoms with Crippen LogP contribution in [0, 0.1) is 0 Å². The Kier molecular flexibility index (Phi) is 2.59. The first-order valence-corrected chi connectivity index (χ1v) is 4.75. The third-order valence-corrected chi connectivity index (χ3v) is 2.17. The summed E-state index contributed by atoms with van der Waals surface area (Å²) >= 11 is 0. The maximum absolute atomic E-state index is 11.2. The van der Waals surface area contributed by atoms with Crippen LogP contribution in [0.3, 0.4) is 0 Å². The van der Waals surface area contributed by atoms with Gasteiger partial charge in [-0.25, -0.2) is 4.79 Å². The predicted molar refractivity (Wildman–Crippen MR) is 56.6 cm³/mol. The normalized spacial score (nSPS) is 17.4. The first-order valence-electron chi connectivity index (χ1n) is 4.75. The van der Waals surface area contributed by atoms with Crippen LogP contribution in [-0.4, -0.2) is 17.0 Å². The van der Waals surface area contributed by atoms with Gasteiger partial charge in [-0.1, -0.05) is 18.2 Å². The zero-order valence-electron chi connectivity index (χ0n) is 8.36. The highest BCUT2D eigenvalue weighted by atomic mass is 16.3. The smallest absolute Gasteiger partial charge is 0.326 e. The molecule has 0 unspecified atom stereocenters.